The number of benzene rings is 1. The number of carboxylic acids is 1. The molecule has 0 bridgehead atoms. The van der Waals surface area contributed by atoms with Gasteiger partial charge >= 0.3 is 12.0 Å². The van der Waals surface area contributed by atoms with E-state index in [1.165, 1.54) is 0 Å². The first-order chi connectivity index (χ1) is 10.5. The maximum Gasteiger partial charge on any atom is 0.315 e. The van der Waals surface area contributed by atoms with Gasteiger partial charge in [0.1, 0.15) is 0 Å². The monoisotopic (exact) mass is 324 g/mol. The summed E-state index contributed by atoms with van der Waals surface area (Å²) < 4.78 is 0. The molecule has 0 spiro atoms. The maximum atomic E-state index is 12.0. The van der Waals surface area contributed by atoms with Crippen LogP contribution in [-0.4, -0.2) is 23.7 Å². The van der Waals surface area contributed by atoms with Crippen LogP contribution in [0.4, 0.5) is 4.79 Å². The SMILES string of the molecule is CC1CC1C(NC(=O)NCCCC(=O)O)c1ccc(Cl)cc1. The summed E-state index contributed by atoms with van der Waals surface area (Å²) in [5.74, 6) is 0.173. The molecule has 5 nitrogen and oxygen atoms in total. The molecule has 1 aromatic carbocycles. The predicted molar refractivity (Wildman–Crippen MR) is 84.9 cm³/mol. The molecule has 0 saturated heterocycles. The highest BCUT2D eigenvalue weighted by atomic mass is 35.5. The van der Waals surface area contributed by atoms with Crippen LogP contribution in [0, 0.1) is 11.8 Å². The van der Waals surface area contributed by atoms with Crippen LogP contribution in [0.1, 0.15) is 37.8 Å². The Labute approximate surface area is 135 Å². The second-order valence-electron chi connectivity index (χ2n) is 5.80. The number of carbonyl (C=O) groups excluding carboxylic acids is 1. The van der Waals surface area contributed by atoms with Crippen LogP contribution < -0.4 is 10.6 Å². The summed E-state index contributed by atoms with van der Waals surface area (Å²) in [5, 5.41) is 14.9. The molecule has 22 heavy (non-hydrogen) atoms. The second kappa shape index (κ2) is 7.49. The molecule has 3 unspecified atom stereocenters. The highest BCUT2D eigenvalue weighted by Gasteiger charge is 2.40. The molecule has 3 atom stereocenters. The van der Waals surface area contributed by atoms with E-state index in [0.29, 0.717) is 29.8 Å². The number of hydrogen-bond acceptors (Lipinski definition) is 2. The van der Waals surface area contributed by atoms with Crippen LogP contribution in [0.25, 0.3) is 0 Å². The van der Waals surface area contributed by atoms with Crippen molar-refractivity contribution in [3.63, 3.8) is 0 Å². The van der Waals surface area contributed by atoms with Crippen LogP contribution >= 0.6 is 11.6 Å². The lowest BCUT2D eigenvalue weighted by molar-refractivity contribution is -0.137. The Morgan fingerprint density at radius 2 is 2.00 bits per heavy atom. The van der Waals surface area contributed by atoms with Crippen molar-refractivity contribution in [3.05, 3.63) is 34.9 Å². The molecule has 120 valence electrons. The number of amides is 2. The molecule has 0 radical (unpaired) electrons. The van der Waals surface area contributed by atoms with Crippen molar-refractivity contribution in [2.45, 2.75) is 32.2 Å². The number of carbonyl (C=O) groups is 2. The third-order valence-electron chi connectivity index (χ3n) is 3.97. The number of hydrogen-bond donors (Lipinski definition) is 3. The fourth-order valence-electron chi connectivity index (χ4n) is 2.56. The Balaban J connectivity index is 1.89. The minimum Gasteiger partial charge on any atom is -0.481 e. The molecule has 1 aliphatic rings. The summed E-state index contributed by atoms with van der Waals surface area (Å²) in [6.07, 6.45) is 1.57. The number of carboxylic acid groups (broad SMARTS) is 1. The number of halogens is 1. The molecule has 3 N–H and O–H groups in total. The van der Waals surface area contributed by atoms with E-state index in [4.69, 9.17) is 16.7 Å². The smallest absolute Gasteiger partial charge is 0.315 e. The highest BCUT2D eigenvalue weighted by molar-refractivity contribution is 6.30. The lowest BCUT2D eigenvalue weighted by atomic mass is 10.0. The van der Waals surface area contributed by atoms with Crippen molar-refractivity contribution in [1.82, 2.24) is 10.6 Å². The summed E-state index contributed by atoms with van der Waals surface area (Å²) in [5.41, 5.74) is 1.04. The van der Waals surface area contributed by atoms with Crippen LogP contribution in [0.3, 0.4) is 0 Å². The first-order valence-corrected chi connectivity index (χ1v) is 7.87. The maximum absolute atomic E-state index is 12.0. The van der Waals surface area contributed by atoms with Gasteiger partial charge in [-0.15, -0.1) is 0 Å². The van der Waals surface area contributed by atoms with Gasteiger partial charge in [0, 0.05) is 18.0 Å². The van der Waals surface area contributed by atoms with Crippen molar-refractivity contribution in [2.75, 3.05) is 6.54 Å². The van der Waals surface area contributed by atoms with E-state index >= 15 is 0 Å². The predicted octanol–water partition coefficient (Wildman–Crippen LogP) is 3.20. The van der Waals surface area contributed by atoms with Gasteiger partial charge in [-0.2, -0.15) is 0 Å². The molecule has 2 amide bonds. The Kier molecular flexibility index (Phi) is 5.66. The van der Waals surface area contributed by atoms with Gasteiger partial charge in [0.25, 0.3) is 0 Å². The molecule has 1 fully saturated rings. The van der Waals surface area contributed by atoms with Crippen LogP contribution in [0.15, 0.2) is 24.3 Å². The summed E-state index contributed by atoms with van der Waals surface area (Å²) in [6, 6.07) is 7.22. The van der Waals surface area contributed by atoms with Crippen molar-refractivity contribution < 1.29 is 14.7 Å². The fourth-order valence-corrected chi connectivity index (χ4v) is 2.68. The molecule has 0 heterocycles. The molecule has 1 aliphatic carbocycles. The van der Waals surface area contributed by atoms with E-state index in [2.05, 4.69) is 17.6 Å². The highest BCUT2D eigenvalue weighted by Crippen LogP contribution is 2.47. The van der Waals surface area contributed by atoms with E-state index in [-0.39, 0.29) is 18.5 Å². The normalized spacial score (nSPS) is 21.0. The van der Waals surface area contributed by atoms with Crippen LogP contribution in [0.2, 0.25) is 5.02 Å². The van der Waals surface area contributed by atoms with Crippen LogP contribution in [-0.2, 0) is 4.79 Å². The number of nitrogens with one attached hydrogen (secondary N) is 2. The quantitative estimate of drug-likeness (QED) is 0.674. The van der Waals surface area contributed by atoms with E-state index in [0.717, 1.165) is 12.0 Å². The Bertz CT molecular complexity index is 533. The van der Waals surface area contributed by atoms with Gasteiger partial charge in [-0.3, -0.25) is 4.79 Å². The average Bonchev–Trinajstić information content (AvgIpc) is 3.19. The number of aliphatic carboxylic acids is 1. The van der Waals surface area contributed by atoms with E-state index in [1.807, 2.05) is 24.3 Å². The molecule has 0 aromatic heterocycles. The standard InChI is InChI=1S/C16H21ClN2O3/c1-10-9-13(10)15(11-4-6-12(17)7-5-11)19-16(22)18-8-2-3-14(20)21/h4-7,10,13,15H,2-3,8-9H2,1H3,(H,20,21)(H2,18,19,22). The summed E-state index contributed by atoms with van der Waals surface area (Å²) in [6.45, 7) is 2.52. The zero-order valence-corrected chi connectivity index (χ0v) is 13.3. The van der Waals surface area contributed by atoms with E-state index < -0.39 is 5.97 Å². The molecular formula is C16H21ClN2O3. The van der Waals surface area contributed by atoms with Gasteiger partial charge in [0.2, 0.25) is 0 Å². The summed E-state index contributed by atoms with van der Waals surface area (Å²) in [4.78, 5) is 22.4. The van der Waals surface area contributed by atoms with Gasteiger partial charge in [0.15, 0.2) is 0 Å². The van der Waals surface area contributed by atoms with Gasteiger partial charge in [-0.1, -0.05) is 30.7 Å². The third kappa shape index (κ3) is 4.91. The minimum atomic E-state index is -0.854. The zero-order chi connectivity index (χ0) is 16.1. The van der Waals surface area contributed by atoms with Gasteiger partial charge in [-0.25, -0.2) is 4.79 Å². The third-order valence-corrected chi connectivity index (χ3v) is 4.22. The van der Waals surface area contributed by atoms with Crippen molar-refractivity contribution in [1.29, 1.82) is 0 Å². The first-order valence-electron chi connectivity index (χ1n) is 7.49. The van der Waals surface area contributed by atoms with Gasteiger partial charge in [-0.05, 0) is 42.4 Å². The van der Waals surface area contributed by atoms with Gasteiger partial charge in [0.05, 0.1) is 6.04 Å². The number of rotatable bonds is 7. The van der Waals surface area contributed by atoms with E-state index in [9.17, 15) is 9.59 Å². The summed E-state index contributed by atoms with van der Waals surface area (Å²) >= 11 is 5.91. The van der Waals surface area contributed by atoms with Gasteiger partial charge < -0.3 is 15.7 Å². The lowest BCUT2D eigenvalue weighted by Crippen LogP contribution is -2.39. The van der Waals surface area contributed by atoms with Crippen molar-refractivity contribution >= 4 is 23.6 Å². The lowest BCUT2D eigenvalue weighted by Gasteiger charge is -2.20. The summed E-state index contributed by atoms with van der Waals surface area (Å²) in [7, 11) is 0. The van der Waals surface area contributed by atoms with Crippen LogP contribution in [0.5, 0.6) is 0 Å². The minimum absolute atomic E-state index is 0.0354. The molecular weight excluding hydrogens is 304 g/mol. The molecule has 2 rings (SSSR count). The molecule has 0 aliphatic heterocycles. The second-order valence-corrected chi connectivity index (χ2v) is 6.24. The Morgan fingerprint density at radius 3 is 2.55 bits per heavy atom. The largest absolute Gasteiger partial charge is 0.481 e. The van der Waals surface area contributed by atoms with E-state index in [1.54, 1.807) is 0 Å². The number of urea groups is 1. The molecule has 1 saturated carbocycles. The first kappa shape index (κ1) is 16.6. The Hall–Kier alpha value is -1.75. The fraction of sp³-hybridized carbons (Fsp3) is 0.500. The topological polar surface area (TPSA) is 78.4 Å². The molecule has 6 heteroatoms. The Morgan fingerprint density at radius 1 is 1.36 bits per heavy atom. The molecule has 1 aromatic rings. The van der Waals surface area contributed by atoms with Crippen molar-refractivity contribution in [3.8, 4) is 0 Å². The zero-order valence-electron chi connectivity index (χ0n) is 12.5. The van der Waals surface area contributed by atoms with Crippen molar-refractivity contribution in [2.24, 2.45) is 11.8 Å². The average molecular weight is 325 g/mol.